The molecule has 1 aromatic carbocycles. The molecule has 1 aromatic rings. The Morgan fingerprint density at radius 2 is 2.07 bits per heavy atom. The smallest absolute Gasteiger partial charge is 0.338 e. The maximum absolute atomic E-state index is 11.5. The number of carbonyl (C=O) groups excluding carboxylic acids is 1. The van der Waals surface area contributed by atoms with Crippen LogP contribution in [0.2, 0.25) is 0 Å². The van der Waals surface area contributed by atoms with Gasteiger partial charge in [0.15, 0.2) is 6.10 Å². The van der Waals surface area contributed by atoms with Crippen molar-refractivity contribution in [3.63, 3.8) is 0 Å². The minimum atomic E-state index is -0.655. The molecule has 0 bridgehead atoms. The predicted octanol–water partition coefficient (Wildman–Crippen LogP) is 1.59. The first-order valence-corrected chi connectivity index (χ1v) is 4.86. The number of benzene rings is 1. The molecule has 0 aliphatic carbocycles. The van der Waals surface area contributed by atoms with Crippen molar-refractivity contribution in [3.05, 3.63) is 42.8 Å². The van der Waals surface area contributed by atoms with Gasteiger partial charge in [0.1, 0.15) is 4.99 Å². The first-order valence-electron chi connectivity index (χ1n) is 4.46. The normalized spacial score (nSPS) is 11.6. The van der Waals surface area contributed by atoms with Crippen molar-refractivity contribution < 1.29 is 9.53 Å². The van der Waals surface area contributed by atoms with Crippen molar-refractivity contribution in [2.75, 3.05) is 7.05 Å². The number of carbonyl (C=O) groups is 1. The minimum absolute atomic E-state index is 0.402. The summed E-state index contributed by atoms with van der Waals surface area (Å²) in [5.41, 5.74) is 0.491. The van der Waals surface area contributed by atoms with Gasteiger partial charge >= 0.3 is 5.97 Å². The van der Waals surface area contributed by atoms with Crippen molar-refractivity contribution in [1.29, 1.82) is 0 Å². The molecule has 0 amide bonds. The Labute approximate surface area is 94.4 Å². The van der Waals surface area contributed by atoms with Gasteiger partial charge in [0.2, 0.25) is 0 Å². The predicted molar refractivity (Wildman–Crippen MR) is 62.7 cm³/mol. The van der Waals surface area contributed by atoms with Gasteiger partial charge in [0, 0.05) is 7.05 Å². The fourth-order valence-electron chi connectivity index (χ4n) is 0.986. The number of rotatable bonds is 3. The Kier molecular flexibility index (Phi) is 4.24. The van der Waals surface area contributed by atoms with Crippen molar-refractivity contribution >= 4 is 23.2 Å². The highest BCUT2D eigenvalue weighted by molar-refractivity contribution is 7.80. The highest BCUT2D eigenvalue weighted by atomic mass is 32.1. The summed E-state index contributed by atoms with van der Waals surface area (Å²) in [4.78, 5) is 11.9. The SMILES string of the molecule is [CH2]C(OC(=O)c1ccccc1)C(=S)NC. The molecule has 1 atom stereocenters. The van der Waals surface area contributed by atoms with E-state index in [-0.39, 0.29) is 0 Å². The van der Waals surface area contributed by atoms with Crippen molar-refractivity contribution in [2.24, 2.45) is 0 Å². The van der Waals surface area contributed by atoms with Crippen LogP contribution in [0.25, 0.3) is 0 Å². The summed E-state index contributed by atoms with van der Waals surface area (Å²) in [5, 5.41) is 2.71. The fourth-order valence-corrected chi connectivity index (χ4v) is 1.03. The average Bonchev–Trinajstić information content (AvgIpc) is 2.29. The molecule has 0 saturated heterocycles. The molecule has 1 N–H and O–H groups in total. The van der Waals surface area contributed by atoms with Crippen LogP contribution in [0.4, 0.5) is 0 Å². The quantitative estimate of drug-likeness (QED) is 0.622. The lowest BCUT2D eigenvalue weighted by atomic mass is 10.2. The largest absolute Gasteiger partial charge is 0.451 e. The van der Waals surface area contributed by atoms with Gasteiger partial charge in [-0.05, 0) is 19.1 Å². The van der Waals surface area contributed by atoms with Crippen LogP contribution in [0.15, 0.2) is 30.3 Å². The van der Waals surface area contributed by atoms with E-state index in [9.17, 15) is 4.79 Å². The van der Waals surface area contributed by atoms with Crippen LogP contribution in [0, 0.1) is 6.92 Å². The van der Waals surface area contributed by atoms with Gasteiger partial charge in [0.25, 0.3) is 0 Å². The van der Waals surface area contributed by atoms with E-state index in [1.165, 1.54) is 0 Å². The zero-order valence-corrected chi connectivity index (χ0v) is 9.21. The summed E-state index contributed by atoms with van der Waals surface area (Å²) in [6.07, 6.45) is -0.655. The molecule has 15 heavy (non-hydrogen) atoms. The van der Waals surface area contributed by atoms with Crippen molar-refractivity contribution in [3.8, 4) is 0 Å². The molecule has 79 valence electrons. The van der Waals surface area contributed by atoms with E-state index in [0.29, 0.717) is 10.6 Å². The second-order valence-electron chi connectivity index (χ2n) is 2.87. The van der Waals surface area contributed by atoms with Gasteiger partial charge in [-0.1, -0.05) is 30.4 Å². The molecule has 4 heteroatoms. The molecule has 0 fully saturated rings. The average molecular weight is 222 g/mol. The van der Waals surface area contributed by atoms with Crippen LogP contribution in [0.1, 0.15) is 10.4 Å². The van der Waals surface area contributed by atoms with Gasteiger partial charge in [-0.2, -0.15) is 0 Å². The van der Waals surface area contributed by atoms with Gasteiger partial charge < -0.3 is 10.1 Å². The first kappa shape index (κ1) is 11.7. The topological polar surface area (TPSA) is 38.3 Å². The molecule has 0 heterocycles. The lowest BCUT2D eigenvalue weighted by Crippen LogP contribution is -2.32. The van der Waals surface area contributed by atoms with E-state index in [1.807, 2.05) is 6.07 Å². The molecular formula is C11H12NO2S. The third-order valence-electron chi connectivity index (χ3n) is 1.80. The van der Waals surface area contributed by atoms with Gasteiger partial charge in [-0.3, -0.25) is 0 Å². The monoisotopic (exact) mass is 222 g/mol. The summed E-state index contributed by atoms with van der Waals surface area (Å²) in [6, 6.07) is 8.72. The zero-order valence-electron chi connectivity index (χ0n) is 8.40. The molecule has 0 aliphatic heterocycles. The maximum Gasteiger partial charge on any atom is 0.338 e. The Hall–Kier alpha value is -1.42. The summed E-state index contributed by atoms with van der Waals surface area (Å²) in [5.74, 6) is -0.423. The van der Waals surface area contributed by atoms with E-state index < -0.39 is 12.1 Å². The Morgan fingerprint density at radius 1 is 1.47 bits per heavy atom. The minimum Gasteiger partial charge on any atom is -0.451 e. The number of esters is 1. The number of likely N-dealkylation sites (N-methyl/N-ethyl adjacent to an activating group) is 1. The zero-order chi connectivity index (χ0) is 11.3. The third kappa shape index (κ3) is 3.32. The summed E-state index contributed by atoms with van der Waals surface area (Å²) in [6.45, 7) is 3.63. The summed E-state index contributed by atoms with van der Waals surface area (Å²) in [7, 11) is 1.66. The van der Waals surface area contributed by atoms with E-state index in [2.05, 4.69) is 12.2 Å². The molecular weight excluding hydrogens is 210 g/mol. The van der Waals surface area contributed by atoms with E-state index >= 15 is 0 Å². The summed E-state index contributed by atoms with van der Waals surface area (Å²) < 4.78 is 5.04. The van der Waals surface area contributed by atoms with Crippen molar-refractivity contribution in [1.82, 2.24) is 5.32 Å². The lowest BCUT2D eigenvalue weighted by molar-refractivity contribution is 0.0483. The van der Waals surface area contributed by atoms with E-state index in [4.69, 9.17) is 17.0 Å². The number of thiocarbonyl (C=S) groups is 1. The van der Waals surface area contributed by atoms with Crippen LogP contribution in [-0.2, 0) is 4.74 Å². The molecule has 1 radical (unpaired) electrons. The molecule has 0 spiro atoms. The Morgan fingerprint density at radius 3 is 2.60 bits per heavy atom. The third-order valence-corrected chi connectivity index (χ3v) is 2.26. The number of hydrogen-bond donors (Lipinski definition) is 1. The van der Waals surface area contributed by atoms with Crippen LogP contribution in [-0.4, -0.2) is 24.1 Å². The standard InChI is InChI=1S/C11H12NO2S/c1-8(10(15)12-2)14-11(13)9-6-4-3-5-7-9/h3-8H,1H2,2H3,(H,12,15). The molecule has 0 aromatic heterocycles. The van der Waals surface area contributed by atoms with Crippen LogP contribution < -0.4 is 5.32 Å². The number of nitrogens with one attached hydrogen (secondary N) is 1. The van der Waals surface area contributed by atoms with Crippen LogP contribution in [0.3, 0.4) is 0 Å². The van der Waals surface area contributed by atoms with Crippen molar-refractivity contribution in [2.45, 2.75) is 6.10 Å². The molecule has 3 nitrogen and oxygen atoms in total. The maximum atomic E-state index is 11.5. The number of ether oxygens (including phenoxy) is 1. The fraction of sp³-hybridized carbons (Fsp3) is 0.182. The van der Waals surface area contributed by atoms with E-state index in [0.717, 1.165) is 0 Å². The molecule has 1 unspecified atom stereocenters. The number of hydrogen-bond acceptors (Lipinski definition) is 3. The summed E-state index contributed by atoms with van der Waals surface area (Å²) >= 11 is 4.90. The Bertz CT molecular complexity index is 351. The molecule has 0 aliphatic rings. The van der Waals surface area contributed by atoms with Gasteiger partial charge in [0.05, 0.1) is 5.56 Å². The van der Waals surface area contributed by atoms with Gasteiger partial charge in [-0.25, -0.2) is 4.79 Å². The van der Waals surface area contributed by atoms with Gasteiger partial charge in [-0.15, -0.1) is 0 Å². The van der Waals surface area contributed by atoms with E-state index in [1.54, 1.807) is 31.3 Å². The second-order valence-corrected chi connectivity index (χ2v) is 3.31. The van der Waals surface area contributed by atoms with Crippen LogP contribution in [0.5, 0.6) is 0 Å². The lowest BCUT2D eigenvalue weighted by Gasteiger charge is -2.13. The van der Waals surface area contributed by atoms with Crippen LogP contribution >= 0.6 is 12.2 Å². The second kappa shape index (κ2) is 5.46. The molecule has 1 rings (SSSR count). The highest BCUT2D eigenvalue weighted by Gasteiger charge is 2.14. The highest BCUT2D eigenvalue weighted by Crippen LogP contribution is 2.03. The molecule has 0 saturated carbocycles. The first-order chi connectivity index (χ1) is 7.15. The Balaban J connectivity index is 2.61.